The van der Waals surface area contributed by atoms with E-state index in [9.17, 15) is 4.79 Å². The van der Waals surface area contributed by atoms with Gasteiger partial charge in [0.25, 0.3) is 0 Å². The maximum atomic E-state index is 12.4. The van der Waals surface area contributed by atoms with Crippen molar-refractivity contribution in [3.8, 4) is 0 Å². The molecule has 138 valence electrons. The number of carbonyl (C=O) groups excluding carboxylic acids is 1. The van der Waals surface area contributed by atoms with Crippen molar-refractivity contribution < 1.29 is 9.53 Å². The van der Waals surface area contributed by atoms with E-state index in [1.165, 1.54) is 5.57 Å². The van der Waals surface area contributed by atoms with Gasteiger partial charge in [-0.2, -0.15) is 0 Å². The fourth-order valence-corrected chi connectivity index (χ4v) is 3.94. The monoisotopic (exact) mass is 337 g/mol. The van der Waals surface area contributed by atoms with Gasteiger partial charge in [-0.25, -0.2) is 0 Å². The third kappa shape index (κ3) is 5.04. The quantitative estimate of drug-likeness (QED) is 0.695. The summed E-state index contributed by atoms with van der Waals surface area (Å²) in [5.41, 5.74) is 1.55. The summed E-state index contributed by atoms with van der Waals surface area (Å²) in [6.07, 6.45) is 6.16. The number of hydrogen-bond acceptors (Lipinski definition) is 4. The summed E-state index contributed by atoms with van der Waals surface area (Å²) >= 11 is 0. The molecule has 5 heteroatoms. The minimum Gasteiger partial charge on any atom is -0.383 e. The van der Waals surface area contributed by atoms with Gasteiger partial charge in [0.15, 0.2) is 0 Å². The molecule has 0 bridgehead atoms. The summed E-state index contributed by atoms with van der Waals surface area (Å²) in [6, 6.07) is 0. The van der Waals surface area contributed by atoms with Crippen LogP contribution >= 0.6 is 0 Å². The molecule has 2 aliphatic heterocycles. The maximum Gasteiger partial charge on any atom is 0.222 e. The lowest BCUT2D eigenvalue weighted by atomic mass is 9.86. The van der Waals surface area contributed by atoms with Gasteiger partial charge in [-0.1, -0.05) is 11.6 Å². The standard InChI is InChI=1S/C19H35N3O2/c1-17(2)6-5-10-21-13-12-20(3)19(16-21)8-7-18(23)22(11-9-19)14-15-24-4/h6H,5,7-16H2,1-4H3/t19-/m0/s1. The van der Waals surface area contributed by atoms with Gasteiger partial charge in [0.05, 0.1) is 6.61 Å². The molecule has 0 aliphatic carbocycles. The van der Waals surface area contributed by atoms with Crippen molar-refractivity contribution in [2.24, 2.45) is 0 Å². The van der Waals surface area contributed by atoms with Crippen LogP contribution in [0.1, 0.15) is 39.5 Å². The normalized spacial score (nSPS) is 26.7. The number of hydrogen-bond donors (Lipinski definition) is 0. The SMILES string of the molecule is COCCN1CC[C@@]2(CCC1=O)CN(CCC=C(C)C)CCN2C. The average Bonchev–Trinajstić information content (AvgIpc) is 2.70. The Kier molecular flexibility index (Phi) is 7.26. The van der Waals surface area contributed by atoms with Crippen molar-refractivity contribution in [1.29, 1.82) is 0 Å². The molecule has 2 rings (SSSR count). The molecule has 2 saturated heterocycles. The largest absolute Gasteiger partial charge is 0.383 e. The number of likely N-dealkylation sites (N-methyl/N-ethyl adjacent to an activating group) is 1. The number of nitrogens with zero attached hydrogens (tertiary/aromatic N) is 3. The number of amides is 1. The van der Waals surface area contributed by atoms with Crippen molar-refractivity contribution in [3.63, 3.8) is 0 Å². The Hall–Kier alpha value is -0.910. The van der Waals surface area contributed by atoms with Crippen LogP contribution in [-0.2, 0) is 9.53 Å². The van der Waals surface area contributed by atoms with Gasteiger partial charge in [-0.05, 0) is 40.2 Å². The van der Waals surface area contributed by atoms with Crippen LogP contribution in [0.4, 0.5) is 0 Å². The van der Waals surface area contributed by atoms with Gasteiger partial charge in [0.1, 0.15) is 0 Å². The molecule has 0 unspecified atom stereocenters. The molecule has 0 aromatic carbocycles. The molecule has 24 heavy (non-hydrogen) atoms. The minimum atomic E-state index is 0.153. The van der Waals surface area contributed by atoms with Gasteiger partial charge in [-0.15, -0.1) is 0 Å². The summed E-state index contributed by atoms with van der Waals surface area (Å²) in [4.78, 5) is 19.5. The number of piperazine rings is 1. The summed E-state index contributed by atoms with van der Waals surface area (Å²) < 4.78 is 5.15. The van der Waals surface area contributed by atoms with Gasteiger partial charge in [0.2, 0.25) is 5.91 Å². The Morgan fingerprint density at radius 2 is 2.00 bits per heavy atom. The number of carbonyl (C=O) groups is 1. The molecule has 0 aromatic rings. The molecule has 2 heterocycles. The summed E-state index contributed by atoms with van der Waals surface area (Å²) in [6.45, 7) is 11.0. The van der Waals surface area contributed by atoms with Crippen molar-refractivity contribution in [2.75, 3.05) is 60.0 Å². The Morgan fingerprint density at radius 3 is 2.71 bits per heavy atom. The second-order valence-electron chi connectivity index (χ2n) is 7.62. The number of methoxy groups -OCH3 is 1. The van der Waals surface area contributed by atoms with E-state index < -0.39 is 0 Å². The van der Waals surface area contributed by atoms with E-state index >= 15 is 0 Å². The van der Waals surface area contributed by atoms with Crippen LogP contribution in [0, 0.1) is 0 Å². The lowest BCUT2D eigenvalue weighted by Gasteiger charge is -2.49. The zero-order valence-electron chi connectivity index (χ0n) is 16.0. The Balaban J connectivity index is 1.98. The lowest BCUT2D eigenvalue weighted by molar-refractivity contribution is -0.131. The molecular weight excluding hydrogens is 302 g/mol. The van der Waals surface area contributed by atoms with Crippen LogP contribution in [-0.4, -0.2) is 86.2 Å². The first-order valence-electron chi connectivity index (χ1n) is 9.30. The first-order chi connectivity index (χ1) is 11.5. The predicted molar refractivity (Wildman–Crippen MR) is 98.2 cm³/mol. The molecule has 1 amide bonds. The fraction of sp³-hybridized carbons (Fsp3) is 0.842. The van der Waals surface area contributed by atoms with E-state index in [4.69, 9.17) is 4.74 Å². The van der Waals surface area contributed by atoms with Crippen LogP contribution in [0.3, 0.4) is 0 Å². The highest BCUT2D eigenvalue weighted by Gasteiger charge is 2.41. The first kappa shape index (κ1) is 19.4. The number of ether oxygens (including phenoxy) is 1. The molecular formula is C19H35N3O2. The fourth-order valence-electron chi connectivity index (χ4n) is 3.94. The molecule has 0 N–H and O–H groups in total. The van der Waals surface area contributed by atoms with E-state index in [1.807, 2.05) is 4.90 Å². The summed E-state index contributed by atoms with van der Waals surface area (Å²) in [5, 5.41) is 0. The number of likely N-dealkylation sites (tertiary alicyclic amines) is 1. The maximum absolute atomic E-state index is 12.4. The Morgan fingerprint density at radius 1 is 1.21 bits per heavy atom. The van der Waals surface area contributed by atoms with Gasteiger partial charge < -0.3 is 9.64 Å². The van der Waals surface area contributed by atoms with E-state index in [0.717, 1.165) is 58.5 Å². The van der Waals surface area contributed by atoms with Crippen LogP contribution < -0.4 is 0 Å². The van der Waals surface area contributed by atoms with E-state index in [2.05, 4.69) is 36.8 Å². The summed E-state index contributed by atoms with van der Waals surface area (Å²) in [7, 11) is 3.94. The topological polar surface area (TPSA) is 36.0 Å². The first-order valence-corrected chi connectivity index (χ1v) is 9.30. The molecule has 0 aromatic heterocycles. The minimum absolute atomic E-state index is 0.153. The van der Waals surface area contributed by atoms with Crippen molar-refractivity contribution in [1.82, 2.24) is 14.7 Å². The number of rotatable bonds is 6. The molecule has 1 atom stereocenters. The second-order valence-corrected chi connectivity index (χ2v) is 7.62. The van der Waals surface area contributed by atoms with Crippen LogP contribution in [0.25, 0.3) is 0 Å². The van der Waals surface area contributed by atoms with Crippen molar-refractivity contribution >= 4 is 5.91 Å². The van der Waals surface area contributed by atoms with E-state index in [0.29, 0.717) is 18.9 Å². The zero-order valence-corrected chi connectivity index (χ0v) is 16.0. The molecule has 0 radical (unpaired) electrons. The zero-order chi connectivity index (χ0) is 17.6. The average molecular weight is 338 g/mol. The smallest absolute Gasteiger partial charge is 0.222 e. The van der Waals surface area contributed by atoms with Crippen LogP contribution in [0.15, 0.2) is 11.6 Å². The molecule has 1 spiro atoms. The van der Waals surface area contributed by atoms with Crippen LogP contribution in [0.2, 0.25) is 0 Å². The highest BCUT2D eigenvalue weighted by molar-refractivity contribution is 5.76. The van der Waals surface area contributed by atoms with Gasteiger partial charge in [-0.3, -0.25) is 14.6 Å². The highest BCUT2D eigenvalue weighted by atomic mass is 16.5. The Labute approximate surface area is 147 Å². The van der Waals surface area contributed by atoms with Crippen LogP contribution in [0.5, 0.6) is 0 Å². The van der Waals surface area contributed by atoms with Gasteiger partial charge >= 0.3 is 0 Å². The third-order valence-electron chi connectivity index (χ3n) is 5.65. The van der Waals surface area contributed by atoms with E-state index in [1.54, 1.807) is 7.11 Å². The summed E-state index contributed by atoms with van der Waals surface area (Å²) in [5.74, 6) is 0.291. The second kappa shape index (κ2) is 8.97. The number of allylic oxidation sites excluding steroid dienone is 1. The van der Waals surface area contributed by atoms with E-state index in [-0.39, 0.29) is 5.54 Å². The molecule has 2 fully saturated rings. The van der Waals surface area contributed by atoms with Crippen molar-refractivity contribution in [3.05, 3.63) is 11.6 Å². The van der Waals surface area contributed by atoms with Gasteiger partial charge in [0, 0.05) is 58.3 Å². The van der Waals surface area contributed by atoms with Crippen molar-refractivity contribution in [2.45, 2.75) is 45.1 Å². The molecule has 2 aliphatic rings. The predicted octanol–water partition coefficient (Wildman–Crippen LogP) is 1.99. The Bertz CT molecular complexity index is 448. The lowest BCUT2D eigenvalue weighted by Crippen LogP contribution is -2.61. The molecule has 0 saturated carbocycles. The third-order valence-corrected chi connectivity index (χ3v) is 5.65. The highest BCUT2D eigenvalue weighted by Crippen LogP contribution is 2.32. The molecule has 5 nitrogen and oxygen atoms in total.